The van der Waals surface area contributed by atoms with Crippen molar-refractivity contribution in [3.63, 3.8) is 0 Å². The Morgan fingerprint density at radius 2 is 1.62 bits per heavy atom. The number of rotatable bonds is 8. The van der Waals surface area contributed by atoms with Crippen LogP contribution in [0.5, 0.6) is 17.2 Å². The molecule has 0 fully saturated rings. The van der Waals surface area contributed by atoms with Crippen molar-refractivity contribution in [1.29, 1.82) is 0 Å². The zero-order valence-electron chi connectivity index (χ0n) is 22.3. The Labute approximate surface area is 226 Å². The van der Waals surface area contributed by atoms with Crippen LogP contribution >= 0.6 is 0 Å². The van der Waals surface area contributed by atoms with E-state index in [1.807, 2.05) is 0 Å². The second-order valence-electron chi connectivity index (χ2n) is 8.87. The van der Waals surface area contributed by atoms with Crippen LogP contribution in [0.3, 0.4) is 0 Å². The summed E-state index contributed by atoms with van der Waals surface area (Å²) in [6.07, 6.45) is -2.85. The number of aryl methyl sites for hydroxylation is 2. The molecular formula is C27H25F3N6O4. The minimum absolute atomic E-state index is 0.232. The number of benzene rings is 2. The number of ether oxygens (including phenoxy) is 3. The van der Waals surface area contributed by atoms with Crippen LogP contribution in [0.15, 0.2) is 47.2 Å². The van der Waals surface area contributed by atoms with Gasteiger partial charge in [-0.05, 0) is 31.5 Å². The number of imidazole rings is 1. The van der Waals surface area contributed by atoms with E-state index >= 15 is 0 Å². The average molecular weight is 555 g/mol. The van der Waals surface area contributed by atoms with E-state index < -0.39 is 11.7 Å². The predicted molar refractivity (Wildman–Crippen MR) is 140 cm³/mol. The van der Waals surface area contributed by atoms with E-state index in [9.17, 15) is 13.2 Å². The van der Waals surface area contributed by atoms with Crippen LogP contribution in [0.2, 0.25) is 0 Å². The van der Waals surface area contributed by atoms with E-state index in [2.05, 4.69) is 15.5 Å². The third-order valence-electron chi connectivity index (χ3n) is 6.28. The highest BCUT2D eigenvalue weighted by Crippen LogP contribution is 2.41. The third kappa shape index (κ3) is 4.97. The molecule has 0 amide bonds. The minimum atomic E-state index is -4.41. The molecule has 0 aliphatic carbocycles. The zero-order valence-corrected chi connectivity index (χ0v) is 22.3. The summed E-state index contributed by atoms with van der Waals surface area (Å²) in [5.41, 5.74) is 2.63. The Morgan fingerprint density at radius 1 is 0.950 bits per heavy atom. The van der Waals surface area contributed by atoms with Gasteiger partial charge in [0.25, 0.3) is 0 Å². The second-order valence-corrected chi connectivity index (χ2v) is 8.87. The Balaban J connectivity index is 1.62. The van der Waals surface area contributed by atoms with Crippen molar-refractivity contribution >= 4 is 22.7 Å². The van der Waals surface area contributed by atoms with Gasteiger partial charge in [0.05, 0.1) is 51.0 Å². The molecule has 0 spiro atoms. The lowest BCUT2D eigenvalue weighted by molar-refractivity contribution is -0.137. The average Bonchev–Trinajstić information content (AvgIpc) is 3.49. The normalized spacial score (nSPS) is 11.6. The summed E-state index contributed by atoms with van der Waals surface area (Å²) >= 11 is 0. The Morgan fingerprint density at radius 3 is 2.17 bits per heavy atom. The van der Waals surface area contributed by atoms with Crippen molar-refractivity contribution in [1.82, 2.24) is 24.7 Å². The van der Waals surface area contributed by atoms with Crippen LogP contribution in [0, 0.1) is 13.8 Å². The van der Waals surface area contributed by atoms with Gasteiger partial charge >= 0.3 is 6.18 Å². The highest BCUT2D eigenvalue weighted by atomic mass is 19.4. The lowest BCUT2D eigenvalue weighted by Crippen LogP contribution is -2.06. The highest BCUT2D eigenvalue weighted by molar-refractivity contribution is 5.88. The first kappa shape index (κ1) is 26.8. The SMILES string of the molecule is COc1cc(Nc2nc(-c3c(C)noc3C)nc3c2ncn3Cc2ccc(C(F)(F)F)cc2)cc(OC)c1OC. The molecule has 0 unspecified atom stereocenters. The topological polar surface area (TPSA) is 109 Å². The molecule has 2 aromatic carbocycles. The van der Waals surface area contributed by atoms with Gasteiger partial charge in [-0.25, -0.2) is 15.0 Å². The molecule has 0 aliphatic rings. The van der Waals surface area contributed by atoms with Crippen molar-refractivity contribution in [2.24, 2.45) is 0 Å². The summed E-state index contributed by atoms with van der Waals surface area (Å²) in [5, 5.41) is 7.29. The fraction of sp³-hybridized carbons (Fsp3) is 0.259. The van der Waals surface area contributed by atoms with Crippen molar-refractivity contribution < 1.29 is 31.9 Å². The molecule has 5 rings (SSSR count). The van der Waals surface area contributed by atoms with Gasteiger partial charge in [0.2, 0.25) is 5.75 Å². The molecule has 0 aliphatic heterocycles. The number of anilines is 2. The maximum Gasteiger partial charge on any atom is 0.416 e. The summed E-state index contributed by atoms with van der Waals surface area (Å²) in [6, 6.07) is 8.42. The van der Waals surface area contributed by atoms with E-state index in [0.29, 0.717) is 68.3 Å². The first-order valence-electron chi connectivity index (χ1n) is 12.0. The van der Waals surface area contributed by atoms with E-state index in [0.717, 1.165) is 12.1 Å². The second kappa shape index (κ2) is 10.4. The molecule has 10 nitrogen and oxygen atoms in total. The first-order chi connectivity index (χ1) is 19.1. The van der Waals surface area contributed by atoms with Crippen LogP contribution in [0.1, 0.15) is 22.6 Å². The number of aromatic nitrogens is 5. The predicted octanol–water partition coefficient (Wildman–Crippen LogP) is 5.93. The fourth-order valence-electron chi connectivity index (χ4n) is 4.35. The molecule has 40 heavy (non-hydrogen) atoms. The molecule has 3 aromatic heterocycles. The molecular weight excluding hydrogens is 529 g/mol. The van der Waals surface area contributed by atoms with E-state index in [4.69, 9.17) is 28.7 Å². The monoisotopic (exact) mass is 554 g/mol. The maximum absolute atomic E-state index is 13.0. The molecule has 0 atom stereocenters. The summed E-state index contributed by atoms with van der Waals surface area (Å²) in [4.78, 5) is 14.0. The van der Waals surface area contributed by atoms with Crippen molar-refractivity contribution in [2.75, 3.05) is 26.6 Å². The molecule has 13 heteroatoms. The number of fused-ring (bicyclic) bond motifs is 1. The van der Waals surface area contributed by atoms with Crippen molar-refractivity contribution in [2.45, 2.75) is 26.6 Å². The van der Waals surface area contributed by atoms with E-state index in [1.54, 1.807) is 36.9 Å². The number of alkyl halides is 3. The summed E-state index contributed by atoms with van der Waals surface area (Å²) in [6.45, 7) is 3.77. The van der Waals surface area contributed by atoms with Gasteiger partial charge < -0.3 is 28.6 Å². The molecule has 0 radical (unpaired) electrons. The van der Waals surface area contributed by atoms with Gasteiger partial charge in [0.1, 0.15) is 5.76 Å². The van der Waals surface area contributed by atoms with Gasteiger partial charge in [-0.1, -0.05) is 17.3 Å². The van der Waals surface area contributed by atoms with Crippen molar-refractivity contribution in [3.8, 4) is 28.6 Å². The third-order valence-corrected chi connectivity index (χ3v) is 6.28. The number of halogens is 3. The summed E-state index contributed by atoms with van der Waals surface area (Å²) < 4.78 is 62.5. The fourth-order valence-corrected chi connectivity index (χ4v) is 4.35. The molecule has 0 saturated heterocycles. The number of nitrogens with one attached hydrogen (secondary N) is 1. The molecule has 0 bridgehead atoms. The van der Waals surface area contributed by atoms with Crippen LogP contribution in [-0.2, 0) is 12.7 Å². The number of hydrogen-bond donors (Lipinski definition) is 1. The van der Waals surface area contributed by atoms with Gasteiger partial charge in [-0.15, -0.1) is 0 Å². The van der Waals surface area contributed by atoms with E-state index in [1.165, 1.54) is 33.5 Å². The molecule has 1 N–H and O–H groups in total. The van der Waals surface area contributed by atoms with Gasteiger partial charge in [-0.2, -0.15) is 13.2 Å². The molecule has 5 aromatic rings. The Hall–Kier alpha value is -4.81. The highest BCUT2D eigenvalue weighted by Gasteiger charge is 2.30. The largest absolute Gasteiger partial charge is 0.493 e. The maximum atomic E-state index is 13.0. The van der Waals surface area contributed by atoms with Gasteiger partial charge in [0, 0.05) is 17.8 Å². The lowest BCUT2D eigenvalue weighted by Gasteiger charge is -2.15. The smallest absolute Gasteiger partial charge is 0.416 e. The van der Waals surface area contributed by atoms with Crippen molar-refractivity contribution in [3.05, 3.63) is 65.3 Å². The number of methoxy groups -OCH3 is 3. The van der Waals surface area contributed by atoms with Crippen LogP contribution in [0.25, 0.3) is 22.6 Å². The van der Waals surface area contributed by atoms with Crippen LogP contribution < -0.4 is 19.5 Å². The van der Waals surface area contributed by atoms with Crippen LogP contribution in [-0.4, -0.2) is 46.0 Å². The quantitative estimate of drug-likeness (QED) is 0.249. The zero-order chi connectivity index (χ0) is 28.6. The minimum Gasteiger partial charge on any atom is -0.493 e. The molecule has 3 heterocycles. The Kier molecular flexibility index (Phi) is 6.96. The molecule has 208 valence electrons. The Bertz CT molecular complexity index is 1630. The lowest BCUT2D eigenvalue weighted by atomic mass is 10.1. The summed E-state index contributed by atoms with van der Waals surface area (Å²) in [5.74, 6) is 2.56. The van der Waals surface area contributed by atoms with Gasteiger partial charge in [0.15, 0.2) is 34.3 Å². The van der Waals surface area contributed by atoms with E-state index in [-0.39, 0.29) is 6.54 Å². The van der Waals surface area contributed by atoms with Crippen LogP contribution in [0.4, 0.5) is 24.7 Å². The molecule has 0 saturated carbocycles. The van der Waals surface area contributed by atoms with Gasteiger partial charge in [-0.3, -0.25) is 0 Å². The number of nitrogens with zero attached hydrogens (tertiary/aromatic N) is 5. The summed E-state index contributed by atoms with van der Waals surface area (Å²) in [7, 11) is 4.55. The first-order valence-corrected chi connectivity index (χ1v) is 12.0. The standard InChI is InChI=1S/C27H25F3N6O4/c1-14-21(15(2)40-35-14)24-33-25(32-18-10-19(37-3)23(39-5)20(11-18)38-4)22-26(34-24)36(13-31-22)12-16-6-8-17(9-7-16)27(28,29)30/h6-11,13H,12H2,1-5H3,(H,32,33,34). The number of hydrogen-bond acceptors (Lipinski definition) is 9.